The van der Waals surface area contributed by atoms with Gasteiger partial charge in [0, 0.05) is 29.1 Å². The van der Waals surface area contributed by atoms with Crippen molar-refractivity contribution in [2.45, 2.75) is 25.3 Å². The number of fused-ring (bicyclic) bond motifs is 2. The number of nitrogens with zero attached hydrogens (tertiary/aromatic N) is 4. The molecule has 1 N–H and O–H groups in total. The second-order valence-corrected chi connectivity index (χ2v) is 7.71. The first-order valence-corrected chi connectivity index (χ1v) is 10.4. The highest BCUT2D eigenvalue weighted by Crippen LogP contribution is 2.34. The molecule has 0 radical (unpaired) electrons. The fourth-order valence-electron chi connectivity index (χ4n) is 3.77. The SMILES string of the molecule is CON1c2ncnc3ccc(cc23)OCCCNC(=O)CN=CC2C=C(Cl)CCC21. The van der Waals surface area contributed by atoms with Gasteiger partial charge in [-0.25, -0.2) is 15.0 Å². The lowest BCUT2D eigenvalue weighted by molar-refractivity contribution is -0.119. The molecule has 1 amide bonds. The lowest BCUT2D eigenvalue weighted by atomic mass is 9.90. The standard InChI is InChI=1S/C21H24ClN5O3/c1-29-27-19-6-3-15(22)9-14(19)11-23-12-20(28)24-7-2-8-30-16-4-5-18-17(10-16)21(27)26-13-25-18/h4-5,9-11,13-14,19H,2-3,6-8,12H2,1H3,(H,24,28). The maximum atomic E-state index is 12.0. The van der Waals surface area contributed by atoms with Gasteiger partial charge in [0.25, 0.3) is 0 Å². The molecule has 2 unspecified atom stereocenters. The Bertz CT molecular complexity index is 980. The van der Waals surface area contributed by atoms with Crippen LogP contribution in [0.4, 0.5) is 5.82 Å². The zero-order chi connectivity index (χ0) is 20.9. The van der Waals surface area contributed by atoms with Gasteiger partial charge < -0.3 is 10.1 Å². The molecular formula is C21H24ClN5O3. The summed E-state index contributed by atoms with van der Waals surface area (Å²) in [5, 5.41) is 6.27. The van der Waals surface area contributed by atoms with E-state index in [0.29, 0.717) is 25.4 Å². The number of hydrogen-bond acceptors (Lipinski definition) is 7. The number of hydrogen-bond donors (Lipinski definition) is 1. The average molecular weight is 430 g/mol. The van der Waals surface area contributed by atoms with Gasteiger partial charge in [0.1, 0.15) is 18.6 Å². The van der Waals surface area contributed by atoms with Crippen LogP contribution in [0.3, 0.4) is 0 Å². The van der Waals surface area contributed by atoms with Crippen molar-refractivity contribution in [2.75, 3.05) is 31.9 Å². The summed E-state index contributed by atoms with van der Waals surface area (Å²) in [6, 6.07) is 5.64. The van der Waals surface area contributed by atoms with Gasteiger partial charge in [-0.05, 0) is 37.5 Å². The zero-order valence-corrected chi connectivity index (χ0v) is 17.5. The Hall–Kier alpha value is -2.71. The molecule has 0 fully saturated rings. The van der Waals surface area contributed by atoms with Gasteiger partial charge in [0.2, 0.25) is 5.91 Å². The van der Waals surface area contributed by atoms with Gasteiger partial charge in [-0.1, -0.05) is 17.7 Å². The number of halogens is 1. The van der Waals surface area contributed by atoms with E-state index in [1.165, 1.54) is 6.33 Å². The van der Waals surface area contributed by atoms with Crippen LogP contribution in [0.2, 0.25) is 0 Å². The Morgan fingerprint density at radius 1 is 1.33 bits per heavy atom. The van der Waals surface area contributed by atoms with Gasteiger partial charge in [0.15, 0.2) is 5.82 Å². The molecule has 2 bridgehead atoms. The van der Waals surface area contributed by atoms with Crippen molar-refractivity contribution < 1.29 is 14.4 Å². The Labute approximate surface area is 179 Å². The van der Waals surface area contributed by atoms with E-state index in [-0.39, 0.29) is 24.4 Å². The van der Waals surface area contributed by atoms with Crippen LogP contribution in [-0.2, 0) is 9.63 Å². The summed E-state index contributed by atoms with van der Waals surface area (Å²) in [5.41, 5.74) is 0.803. The first kappa shape index (κ1) is 20.6. The van der Waals surface area contributed by atoms with Crippen LogP contribution in [0, 0.1) is 5.92 Å². The highest BCUT2D eigenvalue weighted by atomic mass is 35.5. The number of aliphatic imine (C=N–C) groups is 1. The fourth-order valence-corrected chi connectivity index (χ4v) is 4.02. The van der Waals surface area contributed by atoms with Crippen LogP contribution in [-0.4, -0.2) is 54.9 Å². The molecule has 0 spiro atoms. The van der Waals surface area contributed by atoms with Crippen LogP contribution in [0.5, 0.6) is 5.75 Å². The van der Waals surface area contributed by atoms with Crippen molar-refractivity contribution >= 4 is 40.4 Å². The lowest BCUT2D eigenvalue weighted by Crippen LogP contribution is -2.42. The Kier molecular flexibility index (Phi) is 6.44. The predicted molar refractivity (Wildman–Crippen MR) is 116 cm³/mol. The third-order valence-corrected chi connectivity index (χ3v) is 5.53. The summed E-state index contributed by atoms with van der Waals surface area (Å²) >= 11 is 6.32. The average Bonchev–Trinajstić information content (AvgIpc) is 2.75. The molecule has 2 atom stereocenters. The number of carbonyl (C=O) groups excluding carboxylic acids is 1. The van der Waals surface area contributed by atoms with Gasteiger partial charge in [-0.2, -0.15) is 0 Å². The third kappa shape index (κ3) is 4.55. The summed E-state index contributed by atoms with van der Waals surface area (Å²) < 4.78 is 5.87. The van der Waals surface area contributed by atoms with Crippen LogP contribution >= 0.6 is 11.6 Å². The van der Waals surface area contributed by atoms with E-state index in [1.807, 2.05) is 24.3 Å². The monoisotopic (exact) mass is 429 g/mol. The van der Waals surface area contributed by atoms with Gasteiger partial charge in [-0.3, -0.25) is 14.6 Å². The largest absolute Gasteiger partial charge is 0.494 e. The van der Waals surface area contributed by atoms with E-state index in [2.05, 4.69) is 20.3 Å². The smallest absolute Gasteiger partial charge is 0.241 e. The zero-order valence-electron chi connectivity index (χ0n) is 16.8. The second-order valence-electron chi connectivity index (χ2n) is 7.22. The Balaban J connectivity index is 1.78. The van der Waals surface area contributed by atoms with Crippen LogP contribution in [0.15, 0.2) is 40.6 Å². The molecule has 2 heterocycles. The van der Waals surface area contributed by atoms with E-state index in [9.17, 15) is 4.79 Å². The summed E-state index contributed by atoms with van der Waals surface area (Å²) in [4.78, 5) is 31.1. The first-order chi connectivity index (χ1) is 14.7. The van der Waals surface area contributed by atoms with E-state index < -0.39 is 0 Å². The molecule has 158 valence electrons. The summed E-state index contributed by atoms with van der Waals surface area (Å²) in [5.74, 6) is 1.13. The maximum Gasteiger partial charge on any atom is 0.241 e. The molecule has 9 heteroatoms. The number of aromatic nitrogens is 2. The second kappa shape index (κ2) is 9.40. The van der Waals surface area contributed by atoms with E-state index in [0.717, 1.165) is 34.5 Å². The summed E-state index contributed by atoms with van der Waals surface area (Å²) in [7, 11) is 1.62. The van der Waals surface area contributed by atoms with Gasteiger partial charge in [-0.15, -0.1) is 0 Å². The molecule has 30 heavy (non-hydrogen) atoms. The molecule has 1 aromatic carbocycles. The number of amides is 1. The van der Waals surface area contributed by atoms with Crippen molar-refractivity contribution in [2.24, 2.45) is 10.9 Å². The fraction of sp³-hybridized carbons (Fsp3) is 0.429. The maximum absolute atomic E-state index is 12.0. The number of ether oxygens (including phenoxy) is 1. The Morgan fingerprint density at radius 2 is 2.23 bits per heavy atom. The minimum absolute atomic E-state index is 0.0688. The van der Waals surface area contributed by atoms with Crippen LogP contribution < -0.4 is 15.1 Å². The third-order valence-electron chi connectivity index (χ3n) is 5.21. The molecule has 2 aliphatic rings. The Morgan fingerprint density at radius 3 is 3.10 bits per heavy atom. The molecule has 1 aliphatic heterocycles. The molecular weight excluding hydrogens is 406 g/mol. The normalized spacial score (nSPS) is 22.9. The molecule has 1 aromatic heterocycles. The van der Waals surface area contributed by atoms with Crippen molar-refractivity contribution in [3.8, 4) is 5.75 Å². The quantitative estimate of drug-likeness (QED) is 0.749. The highest BCUT2D eigenvalue weighted by molar-refractivity contribution is 6.29. The van der Waals surface area contributed by atoms with Crippen LogP contribution in [0.1, 0.15) is 19.3 Å². The predicted octanol–water partition coefficient (Wildman–Crippen LogP) is 2.87. The van der Waals surface area contributed by atoms with Gasteiger partial charge >= 0.3 is 0 Å². The first-order valence-electron chi connectivity index (χ1n) is 9.99. The number of rotatable bonds is 1. The van der Waals surface area contributed by atoms with Crippen molar-refractivity contribution in [1.82, 2.24) is 15.3 Å². The van der Waals surface area contributed by atoms with E-state index in [1.54, 1.807) is 18.4 Å². The number of anilines is 1. The molecule has 0 saturated carbocycles. The molecule has 1 aliphatic carbocycles. The number of hydroxylamine groups is 1. The van der Waals surface area contributed by atoms with Crippen molar-refractivity contribution in [3.63, 3.8) is 0 Å². The summed E-state index contributed by atoms with van der Waals surface area (Å²) in [6.07, 6.45) is 7.45. The molecule has 8 nitrogen and oxygen atoms in total. The van der Waals surface area contributed by atoms with Gasteiger partial charge in [0.05, 0.1) is 25.3 Å². The molecule has 2 aromatic rings. The van der Waals surface area contributed by atoms with Crippen LogP contribution in [0.25, 0.3) is 10.9 Å². The van der Waals surface area contributed by atoms with E-state index >= 15 is 0 Å². The summed E-state index contributed by atoms with van der Waals surface area (Å²) in [6.45, 7) is 1.09. The minimum Gasteiger partial charge on any atom is -0.494 e. The topological polar surface area (TPSA) is 88.9 Å². The molecule has 4 rings (SSSR count). The number of carbonyl (C=O) groups is 1. The number of benzene rings is 1. The molecule has 0 saturated heterocycles. The lowest BCUT2D eigenvalue weighted by Gasteiger charge is -2.36. The van der Waals surface area contributed by atoms with E-state index in [4.69, 9.17) is 21.2 Å². The minimum atomic E-state index is -0.128. The van der Waals surface area contributed by atoms with Crippen molar-refractivity contribution in [1.29, 1.82) is 0 Å². The number of nitrogens with one attached hydrogen (secondary N) is 1. The highest BCUT2D eigenvalue weighted by Gasteiger charge is 2.31. The number of allylic oxidation sites excluding steroid dienone is 1. The van der Waals surface area contributed by atoms with Crippen molar-refractivity contribution in [3.05, 3.63) is 35.6 Å².